The van der Waals surface area contributed by atoms with Gasteiger partial charge in [-0.1, -0.05) is 18.2 Å². The molecule has 1 heterocycles. The third-order valence-electron chi connectivity index (χ3n) is 2.28. The summed E-state index contributed by atoms with van der Waals surface area (Å²) in [5, 5.41) is 11.0. The Morgan fingerprint density at radius 1 is 1.12 bits per heavy atom. The second-order valence-corrected chi connectivity index (χ2v) is 3.43. The lowest BCUT2D eigenvalue weighted by molar-refractivity contribution is -0.374. The minimum atomic E-state index is -0.379. The fourth-order valence-corrected chi connectivity index (χ4v) is 1.47. The summed E-state index contributed by atoms with van der Waals surface area (Å²) in [7, 11) is 0. The molecule has 0 fully saturated rings. The quantitative estimate of drug-likeness (QED) is 0.597. The zero-order valence-electron chi connectivity index (χ0n) is 8.98. The summed E-state index contributed by atoms with van der Waals surface area (Å²) in [4.78, 5) is 14.5. The first kappa shape index (κ1) is 11.0. The number of pyridine rings is 1. The van der Waals surface area contributed by atoms with Crippen LogP contribution in [0.25, 0.3) is 11.8 Å². The van der Waals surface area contributed by atoms with E-state index in [0.29, 0.717) is 5.56 Å². The maximum Gasteiger partial charge on any atom is 0.277 e. The van der Waals surface area contributed by atoms with Gasteiger partial charge in [-0.2, -0.15) is 0 Å². The number of nitrogens with zero attached hydrogens (tertiary/aromatic N) is 2. The summed E-state index contributed by atoms with van der Waals surface area (Å²) in [5.41, 5.74) is 1.43. The van der Waals surface area contributed by atoms with Crippen molar-refractivity contribution in [3.05, 3.63) is 76.1 Å². The average molecular weight is 226 g/mol. The van der Waals surface area contributed by atoms with E-state index in [-0.39, 0.29) is 10.6 Å². The highest BCUT2D eigenvalue weighted by molar-refractivity contribution is 5.76. The van der Waals surface area contributed by atoms with Crippen LogP contribution in [0.4, 0.5) is 0 Å². The first-order valence-electron chi connectivity index (χ1n) is 5.09. The van der Waals surface area contributed by atoms with Crippen LogP contribution in [-0.4, -0.2) is 9.91 Å². The van der Waals surface area contributed by atoms with Gasteiger partial charge >= 0.3 is 0 Å². The Hall–Kier alpha value is -2.49. The van der Waals surface area contributed by atoms with E-state index >= 15 is 0 Å². The second kappa shape index (κ2) is 5.03. The standard InChI is InChI=1S/C13H10N2O2/c16-15(17)13(12-4-2-1-3-5-12)10-11-6-8-14-9-7-11/h1-10H. The van der Waals surface area contributed by atoms with Crippen molar-refractivity contribution in [3.8, 4) is 0 Å². The van der Waals surface area contributed by atoms with Crippen LogP contribution in [0.1, 0.15) is 11.1 Å². The first-order valence-corrected chi connectivity index (χ1v) is 5.09. The van der Waals surface area contributed by atoms with E-state index in [0.717, 1.165) is 5.56 Å². The van der Waals surface area contributed by atoms with E-state index in [1.54, 1.807) is 48.8 Å². The van der Waals surface area contributed by atoms with Gasteiger partial charge in [-0.05, 0) is 29.8 Å². The van der Waals surface area contributed by atoms with Crippen molar-refractivity contribution in [2.45, 2.75) is 0 Å². The van der Waals surface area contributed by atoms with Gasteiger partial charge in [-0.25, -0.2) is 0 Å². The van der Waals surface area contributed by atoms with E-state index in [4.69, 9.17) is 0 Å². The molecule has 0 saturated carbocycles. The maximum absolute atomic E-state index is 11.0. The lowest BCUT2D eigenvalue weighted by Gasteiger charge is -1.98. The molecule has 0 saturated heterocycles. The van der Waals surface area contributed by atoms with Crippen molar-refractivity contribution in [3.63, 3.8) is 0 Å². The topological polar surface area (TPSA) is 56.0 Å². The van der Waals surface area contributed by atoms with Gasteiger partial charge < -0.3 is 0 Å². The zero-order valence-corrected chi connectivity index (χ0v) is 8.98. The molecule has 4 heteroatoms. The molecule has 84 valence electrons. The van der Waals surface area contributed by atoms with Gasteiger partial charge in [0, 0.05) is 18.5 Å². The summed E-state index contributed by atoms with van der Waals surface area (Å²) < 4.78 is 0. The summed E-state index contributed by atoms with van der Waals surface area (Å²) in [6.07, 6.45) is 4.75. The number of rotatable bonds is 3. The summed E-state index contributed by atoms with van der Waals surface area (Å²) in [6, 6.07) is 12.3. The van der Waals surface area contributed by atoms with Gasteiger partial charge in [-0.3, -0.25) is 15.1 Å². The van der Waals surface area contributed by atoms with Crippen molar-refractivity contribution in [1.29, 1.82) is 0 Å². The molecule has 0 aliphatic carbocycles. The molecule has 0 aliphatic rings. The van der Waals surface area contributed by atoms with E-state index < -0.39 is 0 Å². The Morgan fingerprint density at radius 2 is 1.76 bits per heavy atom. The molecule has 0 amide bonds. The van der Waals surface area contributed by atoms with Crippen molar-refractivity contribution in [1.82, 2.24) is 4.98 Å². The summed E-state index contributed by atoms with van der Waals surface area (Å²) >= 11 is 0. The van der Waals surface area contributed by atoms with Gasteiger partial charge in [0.15, 0.2) is 0 Å². The number of hydrogen-bond donors (Lipinski definition) is 0. The van der Waals surface area contributed by atoms with Crippen LogP contribution in [0.3, 0.4) is 0 Å². The van der Waals surface area contributed by atoms with Crippen LogP contribution >= 0.6 is 0 Å². The molecule has 1 aromatic carbocycles. The second-order valence-electron chi connectivity index (χ2n) is 3.43. The number of hydrogen-bond acceptors (Lipinski definition) is 3. The third kappa shape index (κ3) is 2.75. The SMILES string of the molecule is O=[N+]([O-])C(=Cc1ccncc1)c1ccccc1. The Labute approximate surface area is 98.4 Å². The molecule has 1 aromatic heterocycles. The molecule has 0 unspecified atom stereocenters. The molecule has 2 rings (SSSR count). The average Bonchev–Trinajstić information content (AvgIpc) is 2.38. The number of aromatic nitrogens is 1. The zero-order chi connectivity index (χ0) is 12.1. The minimum Gasteiger partial charge on any atom is -0.265 e. The molecule has 0 atom stereocenters. The predicted octanol–water partition coefficient (Wildman–Crippen LogP) is 2.86. The molecule has 17 heavy (non-hydrogen) atoms. The van der Waals surface area contributed by atoms with Gasteiger partial charge in [0.05, 0.1) is 10.5 Å². The molecule has 0 aliphatic heterocycles. The van der Waals surface area contributed by atoms with Crippen molar-refractivity contribution < 1.29 is 4.92 Å². The minimum absolute atomic E-state index is 0.0804. The van der Waals surface area contributed by atoms with Crippen LogP contribution in [-0.2, 0) is 0 Å². The smallest absolute Gasteiger partial charge is 0.265 e. The Balaban J connectivity index is 2.44. The highest BCUT2D eigenvalue weighted by atomic mass is 16.6. The molecule has 0 bridgehead atoms. The lowest BCUT2D eigenvalue weighted by Crippen LogP contribution is -1.97. The predicted molar refractivity (Wildman–Crippen MR) is 65.5 cm³/mol. The largest absolute Gasteiger partial charge is 0.277 e. The van der Waals surface area contributed by atoms with Gasteiger partial charge in [-0.15, -0.1) is 0 Å². The molecular weight excluding hydrogens is 216 g/mol. The van der Waals surface area contributed by atoms with Crippen molar-refractivity contribution >= 4 is 11.8 Å². The number of nitro groups is 1. The van der Waals surface area contributed by atoms with E-state index in [2.05, 4.69) is 4.98 Å². The monoisotopic (exact) mass is 226 g/mol. The summed E-state index contributed by atoms with van der Waals surface area (Å²) in [6.45, 7) is 0. The van der Waals surface area contributed by atoms with Crippen LogP contribution in [0.15, 0.2) is 54.9 Å². The fourth-order valence-electron chi connectivity index (χ4n) is 1.47. The summed E-state index contributed by atoms with van der Waals surface area (Å²) in [5.74, 6) is 0. The van der Waals surface area contributed by atoms with Gasteiger partial charge in [0.1, 0.15) is 0 Å². The molecule has 2 aromatic rings. The Morgan fingerprint density at radius 3 is 2.35 bits per heavy atom. The first-order chi connectivity index (χ1) is 8.27. The maximum atomic E-state index is 11.0. The van der Waals surface area contributed by atoms with Gasteiger partial charge in [0.25, 0.3) is 5.70 Å². The van der Waals surface area contributed by atoms with Crippen LogP contribution in [0, 0.1) is 10.1 Å². The van der Waals surface area contributed by atoms with Crippen molar-refractivity contribution in [2.24, 2.45) is 0 Å². The van der Waals surface area contributed by atoms with Crippen molar-refractivity contribution in [2.75, 3.05) is 0 Å². The Kier molecular flexibility index (Phi) is 3.25. The molecule has 0 radical (unpaired) electrons. The van der Waals surface area contributed by atoms with Gasteiger partial charge in [0.2, 0.25) is 0 Å². The molecule has 0 N–H and O–H groups in total. The molecule has 4 nitrogen and oxygen atoms in total. The van der Waals surface area contributed by atoms with Crippen LogP contribution in [0.5, 0.6) is 0 Å². The third-order valence-corrected chi connectivity index (χ3v) is 2.28. The highest BCUT2D eigenvalue weighted by Gasteiger charge is 2.13. The van der Waals surface area contributed by atoms with Crippen LogP contribution < -0.4 is 0 Å². The van der Waals surface area contributed by atoms with Crippen LogP contribution in [0.2, 0.25) is 0 Å². The molecule has 0 spiro atoms. The lowest BCUT2D eigenvalue weighted by atomic mass is 10.1. The van der Waals surface area contributed by atoms with E-state index in [1.165, 1.54) is 6.08 Å². The Bertz CT molecular complexity index is 536. The molecular formula is C13H10N2O2. The number of benzene rings is 1. The normalized spacial score (nSPS) is 11.2. The highest BCUT2D eigenvalue weighted by Crippen LogP contribution is 2.18. The van der Waals surface area contributed by atoms with E-state index in [9.17, 15) is 10.1 Å². The van der Waals surface area contributed by atoms with E-state index in [1.807, 2.05) is 6.07 Å². The fraction of sp³-hybridized carbons (Fsp3) is 0.